The zero-order chi connectivity index (χ0) is 13.2. The van der Waals surface area contributed by atoms with Gasteiger partial charge in [0.15, 0.2) is 0 Å². The average molecular weight is 267 g/mol. The van der Waals surface area contributed by atoms with Crippen molar-refractivity contribution in [2.75, 3.05) is 17.7 Å². The van der Waals surface area contributed by atoms with Crippen molar-refractivity contribution in [1.82, 2.24) is 9.97 Å². The zero-order valence-electron chi connectivity index (χ0n) is 10.6. The van der Waals surface area contributed by atoms with Crippen molar-refractivity contribution in [3.8, 4) is 0 Å². The molecule has 0 aromatic carbocycles. The van der Waals surface area contributed by atoms with E-state index < -0.39 is 11.5 Å². The number of hydrogen-bond acceptors (Lipinski definition) is 5. The number of piperidine rings is 1. The van der Waals surface area contributed by atoms with E-state index in [4.69, 9.17) is 0 Å². The van der Waals surface area contributed by atoms with E-state index in [-0.39, 0.29) is 0 Å². The molecule has 18 heavy (non-hydrogen) atoms. The Bertz CT molecular complexity index is 455. The Labute approximate surface area is 111 Å². The number of anilines is 1. The van der Waals surface area contributed by atoms with E-state index in [2.05, 4.69) is 9.97 Å². The summed E-state index contributed by atoms with van der Waals surface area (Å²) in [7, 11) is 0. The van der Waals surface area contributed by atoms with Crippen molar-refractivity contribution in [2.24, 2.45) is 0 Å². The van der Waals surface area contributed by atoms with Crippen LogP contribution in [0, 0.1) is 0 Å². The van der Waals surface area contributed by atoms with Gasteiger partial charge in [0.05, 0.1) is 0 Å². The molecular formula is C12H17N3O2S. The number of carbonyl (C=O) groups is 1. The van der Waals surface area contributed by atoms with E-state index in [0.29, 0.717) is 12.2 Å². The first-order valence-electron chi connectivity index (χ1n) is 5.95. The normalized spacial score (nSPS) is 24.0. The third-order valence-corrected chi connectivity index (χ3v) is 4.11. The molecule has 5 nitrogen and oxygen atoms in total. The van der Waals surface area contributed by atoms with Crippen LogP contribution in [0.15, 0.2) is 17.4 Å². The fraction of sp³-hybridized carbons (Fsp3) is 0.583. The average Bonchev–Trinajstić information content (AvgIpc) is 2.39. The molecule has 1 aromatic heterocycles. The van der Waals surface area contributed by atoms with Gasteiger partial charge in [-0.15, -0.1) is 11.8 Å². The summed E-state index contributed by atoms with van der Waals surface area (Å²) >= 11 is 1.53. The second-order valence-corrected chi connectivity index (χ2v) is 5.43. The first-order valence-corrected chi connectivity index (χ1v) is 7.17. The van der Waals surface area contributed by atoms with Gasteiger partial charge in [0.1, 0.15) is 22.7 Å². The Hall–Kier alpha value is -1.30. The maximum Gasteiger partial charge on any atom is 0.329 e. The molecule has 1 N–H and O–H groups in total. The van der Waals surface area contributed by atoms with E-state index >= 15 is 0 Å². The minimum atomic E-state index is -0.859. The Kier molecular flexibility index (Phi) is 3.75. The highest BCUT2D eigenvalue weighted by Gasteiger charge is 2.42. The SMILES string of the molecule is CSc1cc(N2CCCCC2(C)C(=O)O)ncn1. The van der Waals surface area contributed by atoms with E-state index in [1.54, 1.807) is 6.92 Å². The molecule has 6 heteroatoms. The fourth-order valence-corrected chi connectivity index (χ4v) is 2.68. The second-order valence-electron chi connectivity index (χ2n) is 4.61. The quantitative estimate of drug-likeness (QED) is 0.667. The third-order valence-electron chi connectivity index (χ3n) is 3.47. The Balaban J connectivity index is 2.36. The van der Waals surface area contributed by atoms with Crippen LogP contribution in [0.4, 0.5) is 5.82 Å². The van der Waals surface area contributed by atoms with Crippen molar-refractivity contribution in [1.29, 1.82) is 0 Å². The summed E-state index contributed by atoms with van der Waals surface area (Å²) in [5, 5.41) is 10.3. The van der Waals surface area contributed by atoms with Gasteiger partial charge in [0.2, 0.25) is 0 Å². The summed E-state index contributed by atoms with van der Waals surface area (Å²) in [5.74, 6) is -0.0783. The number of carboxylic acid groups (broad SMARTS) is 1. The number of aromatic nitrogens is 2. The second kappa shape index (κ2) is 5.14. The molecule has 1 aliphatic rings. The topological polar surface area (TPSA) is 66.3 Å². The molecule has 0 spiro atoms. The lowest BCUT2D eigenvalue weighted by atomic mass is 9.88. The minimum absolute atomic E-state index is 0.654. The van der Waals surface area contributed by atoms with Crippen molar-refractivity contribution >= 4 is 23.5 Å². The van der Waals surface area contributed by atoms with Crippen LogP contribution < -0.4 is 4.90 Å². The molecule has 2 heterocycles. The van der Waals surface area contributed by atoms with Gasteiger partial charge >= 0.3 is 5.97 Å². The molecule has 1 fully saturated rings. The number of carboxylic acids is 1. The number of nitrogens with zero attached hydrogens (tertiary/aromatic N) is 3. The monoisotopic (exact) mass is 267 g/mol. The highest BCUT2D eigenvalue weighted by molar-refractivity contribution is 7.98. The van der Waals surface area contributed by atoms with Gasteiger partial charge < -0.3 is 10.0 Å². The van der Waals surface area contributed by atoms with Crippen LogP contribution in [0.25, 0.3) is 0 Å². The van der Waals surface area contributed by atoms with Gasteiger partial charge in [-0.3, -0.25) is 0 Å². The summed E-state index contributed by atoms with van der Waals surface area (Å²) in [4.78, 5) is 21.8. The summed E-state index contributed by atoms with van der Waals surface area (Å²) in [6, 6.07) is 1.86. The predicted molar refractivity (Wildman–Crippen MR) is 71.1 cm³/mol. The summed E-state index contributed by atoms with van der Waals surface area (Å²) in [5.41, 5.74) is -0.859. The number of rotatable bonds is 3. The van der Waals surface area contributed by atoms with Gasteiger partial charge in [-0.2, -0.15) is 0 Å². The smallest absolute Gasteiger partial charge is 0.329 e. The van der Waals surface area contributed by atoms with Crippen LogP contribution in [0.2, 0.25) is 0 Å². The molecule has 0 saturated carbocycles. The molecule has 0 amide bonds. The van der Waals surface area contributed by atoms with Crippen LogP contribution in [0.5, 0.6) is 0 Å². The van der Waals surface area contributed by atoms with Crippen molar-refractivity contribution < 1.29 is 9.90 Å². The highest BCUT2D eigenvalue weighted by atomic mass is 32.2. The molecule has 1 aliphatic heterocycles. The van der Waals surface area contributed by atoms with Crippen LogP contribution in [0.1, 0.15) is 26.2 Å². The number of thioether (sulfide) groups is 1. The molecular weight excluding hydrogens is 250 g/mol. The van der Waals surface area contributed by atoms with Crippen LogP contribution >= 0.6 is 11.8 Å². The highest BCUT2D eigenvalue weighted by Crippen LogP contribution is 2.32. The molecule has 1 saturated heterocycles. The lowest BCUT2D eigenvalue weighted by molar-refractivity contribution is -0.143. The van der Waals surface area contributed by atoms with Crippen molar-refractivity contribution in [2.45, 2.75) is 36.8 Å². The van der Waals surface area contributed by atoms with Crippen LogP contribution in [-0.2, 0) is 4.79 Å². The predicted octanol–water partition coefficient (Wildman–Crippen LogP) is 2.03. The molecule has 98 valence electrons. The van der Waals surface area contributed by atoms with Crippen LogP contribution in [0.3, 0.4) is 0 Å². The van der Waals surface area contributed by atoms with Gasteiger partial charge in [-0.25, -0.2) is 14.8 Å². The summed E-state index contributed by atoms with van der Waals surface area (Å²) in [6.45, 7) is 2.50. The minimum Gasteiger partial charge on any atom is -0.480 e. The fourth-order valence-electron chi connectivity index (χ4n) is 2.30. The first-order chi connectivity index (χ1) is 8.58. The van der Waals surface area contributed by atoms with Gasteiger partial charge in [-0.05, 0) is 32.4 Å². The maximum absolute atomic E-state index is 11.5. The molecule has 2 rings (SSSR count). The molecule has 0 radical (unpaired) electrons. The van der Waals surface area contributed by atoms with Gasteiger partial charge in [-0.1, -0.05) is 0 Å². The van der Waals surface area contributed by atoms with E-state index in [0.717, 1.165) is 24.4 Å². The Morgan fingerprint density at radius 2 is 2.28 bits per heavy atom. The van der Waals surface area contributed by atoms with E-state index in [1.807, 2.05) is 17.2 Å². The van der Waals surface area contributed by atoms with Crippen molar-refractivity contribution in [3.05, 3.63) is 12.4 Å². The molecule has 1 unspecified atom stereocenters. The van der Waals surface area contributed by atoms with Crippen LogP contribution in [-0.4, -0.2) is 39.4 Å². The summed E-state index contributed by atoms with van der Waals surface area (Å²) < 4.78 is 0. The molecule has 0 aliphatic carbocycles. The lowest BCUT2D eigenvalue weighted by Gasteiger charge is -2.42. The molecule has 1 atom stereocenters. The largest absolute Gasteiger partial charge is 0.480 e. The number of aliphatic carboxylic acids is 1. The van der Waals surface area contributed by atoms with E-state index in [9.17, 15) is 9.90 Å². The number of hydrogen-bond donors (Lipinski definition) is 1. The lowest BCUT2D eigenvalue weighted by Crippen LogP contribution is -2.55. The summed E-state index contributed by atoms with van der Waals surface area (Å²) in [6.07, 6.45) is 6.04. The van der Waals surface area contributed by atoms with Crippen molar-refractivity contribution in [3.63, 3.8) is 0 Å². The Morgan fingerprint density at radius 3 is 2.94 bits per heavy atom. The standard InChI is InChI=1S/C12H17N3O2S/c1-12(11(16)17)5-3-4-6-15(12)9-7-10(18-2)14-8-13-9/h7-8H,3-6H2,1-2H3,(H,16,17). The molecule has 0 bridgehead atoms. The van der Waals surface area contributed by atoms with Gasteiger partial charge in [0, 0.05) is 12.6 Å². The first kappa shape index (κ1) is 13.1. The zero-order valence-corrected chi connectivity index (χ0v) is 11.4. The molecule has 1 aromatic rings. The maximum atomic E-state index is 11.5. The Morgan fingerprint density at radius 1 is 1.50 bits per heavy atom. The third kappa shape index (κ3) is 2.29. The van der Waals surface area contributed by atoms with E-state index in [1.165, 1.54) is 18.1 Å². The van der Waals surface area contributed by atoms with Gasteiger partial charge in [0.25, 0.3) is 0 Å².